The lowest BCUT2D eigenvalue weighted by Gasteiger charge is -2.13. The molecule has 0 atom stereocenters. The van der Waals surface area contributed by atoms with E-state index in [9.17, 15) is 18.0 Å². The van der Waals surface area contributed by atoms with Gasteiger partial charge in [0, 0.05) is 0 Å². The number of para-hydroxylation sites is 1. The summed E-state index contributed by atoms with van der Waals surface area (Å²) in [5.74, 6) is -0.558. The average Bonchev–Trinajstić information content (AvgIpc) is 2.92. The lowest BCUT2D eigenvalue weighted by molar-refractivity contribution is -0.137. The highest BCUT2D eigenvalue weighted by Crippen LogP contribution is 2.34. The highest BCUT2D eigenvalue weighted by molar-refractivity contribution is 8.01. The van der Waals surface area contributed by atoms with Gasteiger partial charge in [-0.25, -0.2) is 4.98 Å². The third kappa shape index (κ3) is 4.62. The Morgan fingerprint density at radius 1 is 1.36 bits per heavy atom. The van der Waals surface area contributed by atoms with E-state index in [4.69, 9.17) is 0 Å². The van der Waals surface area contributed by atoms with Crippen molar-refractivity contribution in [1.29, 1.82) is 0 Å². The van der Waals surface area contributed by atoms with Gasteiger partial charge in [-0.2, -0.15) is 17.5 Å². The largest absolute Gasteiger partial charge is 0.418 e. The standard InChI is InChI=1S/C12H10F3N3OS3/c1-20-10-17-11(22-18-10)21-6-9(19)16-8-5-3-2-4-7(8)12(13,14)15/h2-5H,6H2,1H3,(H,16,19). The fraction of sp³-hybridized carbons (Fsp3) is 0.250. The molecule has 0 aliphatic heterocycles. The number of benzene rings is 1. The molecule has 2 aromatic rings. The second-order valence-electron chi connectivity index (χ2n) is 3.93. The topological polar surface area (TPSA) is 54.9 Å². The van der Waals surface area contributed by atoms with Crippen molar-refractivity contribution in [3.05, 3.63) is 29.8 Å². The molecule has 22 heavy (non-hydrogen) atoms. The summed E-state index contributed by atoms with van der Waals surface area (Å²) in [4.78, 5) is 15.9. The van der Waals surface area contributed by atoms with Crippen LogP contribution in [0.3, 0.4) is 0 Å². The van der Waals surface area contributed by atoms with Crippen molar-refractivity contribution in [2.45, 2.75) is 15.7 Å². The summed E-state index contributed by atoms with van der Waals surface area (Å²) < 4.78 is 43.1. The van der Waals surface area contributed by atoms with Crippen LogP contribution in [0.4, 0.5) is 18.9 Å². The number of alkyl halides is 3. The first-order valence-electron chi connectivity index (χ1n) is 5.86. The lowest BCUT2D eigenvalue weighted by atomic mass is 10.1. The van der Waals surface area contributed by atoms with Crippen LogP contribution in [0.25, 0.3) is 0 Å². The summed E-state index contributed by atoms with van der Waals surface area (Å²) in [5.41, 5.74) is -1.11. The summed E-state index contributed by atoms with van der Waals surface area (Å²) in [7, 11) is 0. The van der Waals surface area contributed by atoms with Gasteiger partial charge in [0.2, 0.25) is 11.1 Å². The smallest absolute Gasteiger partial charge is 0.325 e. The van der Waals surface area contributed by atoms with Gasteiger partial charge in [-0.3, -0.25) is 4.79 Å². The van der Waals surface area contributed by atoms with E-state index in [0.29, 0.717) is 9.50 Å². The average molecular weight is 365 g/mol. The van der Waals surface area contributed by atoms with E-state index < -0.39 is 17.6 Å². The normalized spacial score (nSPS) is 11.5. The highest BCUT2D eigenvalue weighted by atomic mass is 32.2. The maximum absolute atomic E-state index is 12.8. The number of nitrogens with zero attached hydrogens (tertiary/aromatic N) is 2. The number of rotatable bonds is 5. The van der Waals surface area contributed by atoms with Crippen LogP contribution in [-0.2, 0) is 11.0 Å². The van der Waals surface area contributed by atoms with Crippen molar-refractivity contribution in [1.82, 2.24) is 9.36 Å². The molecule has 0 unspecified atom stereocenters. The van der Waals surface area contributed by atoms with Crippen LogP contribution in [0.5, 0.6) is 0 Å². The summed E-state index contributed by atoms with van der Waals surface area (Å²) in [5, 5.41) is 2.89. The van der Waals surface area contributed by atoms with Gasteiger partial charge in [-0.15, -0.1) is 0 Å². The molecule has 0 fully saturated rings. The van der Waals surface area contributed by atoms with Crippen molar-refractivity contribution in [2.24, 2.45) is 0 Å². The molecule has 2 rings (SSSR count). The number of hydrogen-bond acceptors (Lipinski definition) is 6. The van der Waals surface area contributed by atoms with Crippen LogP contribution in [0.1, 0.15) is 5.56 Å². The third-order valence-electron chi connectivity index (χ3n) is 2.40. The van der Waals surface area contributed by atoms with E-state index >= 15 is 0 Å². The number of carbonyl (C=O) groups is 1. The molecule has 1 N–H and O–H groups in total. The van der Waals surface area contributed by atoms with Gasteiger partial charge in [0.25, 0.3) is 0 Å². The van der Waals surface area contributed by atoms with Gasteiger partial charge in [0.1, 0.15) is 0 Å². The third-order valence-corrected chi connectivity index (χ3v) is 4.90. The number of carbonyl (C=O) groups excluding carboxylic acids is 1. The molecule has 1 heterocycles. The van der Waals surface area contributed by atoms with Crippen LogP contribution < -0.4 is 5.32 Å². The zero-order chi connectivity index (χ0) is 16.2. The predicted octanol–water partition coefficient (Wildman–Crippen LogP) is 4.01. The molecule has 1 amide bonds. The molecule has 118 valence electrons. The van der Waals surface area contributed by atoms with Gasteiger partial charge in [0.15, 0.2) is 4.34 Å². The van der Waals surface area contributed by atoms with E-state index in [1.54, 1.807) is 0 Å². The van der Waals surface area contributed by atoms with E-state index in [1.165, 1.54) is 30.0 Å². The number of halogens is 3. The first-order valence-corrected chi connectivity index (χ1v) is 8.85. The summed E-state index contributed by atoms with van der Waals surface area (Å²) in [6.07, 6.45) is -2.68. The maximum Gasteiger partial charge on any atom is 0.418 e. The molecule has 1 aromatic heterocycles. The van der Waals surface area contributed by atoms with E-state index in [-0.39, 0.29) is 11.4 Å². The zero-order valence-corrected chi connectivity index (χ0v) is 13.6. The Kier molecular flexibility index (Phi) is 5.70. The van der Waals surface area contributed by atoms with Crippen LogP contribution in [0.2, 0.25) is 0 Å². The van der Waals surface area contributed by atoms with Crippen molar-refractivity contribution in [2.75, 3.05) is 17.3 Å². The minimum atomic E-state index is -4.51. The summed E-state index contributed by atoms with van der Waals surface area (Å²) >= 11 is 3.67. The fourth-order valence-corrected chi connectivity index (χ4v) is 3.50. The second kappa shape index (κ2) is 7.34. The SMILES string of the molecule is CSc1nsc(SCC(=O)Nc2ccccc2C(F)(F)F)n1. The minimum Gasteiger partial charge on any atom is -0.325 e. The first-order chi connectivity index (χ1) is 10.4. The van der Waals surface area contributed by atoms with Gasteiger partial charge >= 0.3 is 6.18 Å². The van der Waals surface area contributed by atoms with Crippen LogP contribution in [0, 0.1) is 0 Å². The first kappa shape index (κ1) is 17.1. The predicted molar refractivity (Wildman–Crippen MR) is 82.5 cm³/mol. The second-order valence-corrected chi connectivity index (χ2v) is 6.67. The molecular weight excluding hydrogens is 355 g/mol. The van der Waals surface area contributed by atoms with Crippen molar-refractivity contribution < 1.29 is 18.0 Å². The maximum atomic E-state index is 12.8. The highest BCUT2D eigenvalue weighted by Gasteiger charge is 2.33. The zero-order valence-electron chi connectivity index (χ0n) is 11.2. The molecule has 0 saturated carbocycles. The quantitative estimate of drug-likeness (QED) is 0.812. The van der Waals surface area contributed by atoms with Gasteiger partial charge in [0.05, 0.1) is 17.0 Å². The number of anilines is 1. The van der Waals surface area contributed by atoms with E-state index in [2.05, 4.69) is 14.7 Å². The fourth-order valence-electron chi connectivity index (χ4n) is 1.49. The summed E-state index contributed by atoms with van der Waals surface area (Å²) in [6, 6.07) is 4.87. The molecule has 0 aliphatic carbocycles. The molecular formula is C12H10F3N3OS3. The Hall–Kier alpha value is -1.26. The van der Waals surface area contributed by atoms with Crippen LogP contribution >= 0.6 is 35.1 Å². The molecule has 1 aromatic carbocycles. The molecule has 4 nitrogen and oxygen atoms in total. The molecule has 0 bridgehead atoms. The van der Waals surface area contributed by atoms with Crippen molar-refractivity contribution in [3.8, 4) is 0 Å². The Balaban J connectivity index is 1.98. The number of thioether (sulfide) groups is 2. The van der Waals surface area contributed by atoms with Gasteiger partial charge in [-0.05, 0) is 29.9 Å². The Labute approximate surface area is 137 Å². The van der Waals surface area contributed by atoms with Crippen LogP contribution in [0.15, 0.2) is 33.8 Å². The Morgan fingerprint density at radius 2 is 2.09 bits per heavy atom. The molecule has 0 saturated heterocycles. The number of hydrogen-bond donors (Lipinski definition) is 1. The van der Waals surface area contributed by atoms with Gasteiger partial charge < -0.3 is 5.32 Å². The number of aromatic nitrogens is 2. The van der Waals surface area contributed by atoms with Crippen LogP contribution in [-0.4, -0.2) is 27.3 Å². The van der Waals surface area contributed by atoms with Crippen molar-refractivity contribution >= 4 is 46.7 Å². The Morgan fingerprint density at radius 3 is 2.73 bits per heavy atom. The molecule has 0 spiro atoms. The lowest BCUT2D eigenvalue weighted by Crippen LogP contribution is -2.18. The van der Waals surface area contributed by atoms with E-state index in [1.807, 2.05) is 6.26 Å². The minimum absolute atomic E-state index is 0.0325. The molecule has 0 radical (unpaired) electrons. The monoisotopic (exact) mass is 365 g/mol. The van der Waals surface area contributed by atoms with E-state index in [0.717, 1.165) is 29.4 Å². The number of nitrogens with one attached hydrogen (secondary N) is 1. The molecule has 10 heteroatoms. The van der Waals surface area contributed by atoms with Crippen molar-refractivity contribution in [3.63, 3.8) is 0 Å². The summed E-state index contributed by atoms with van der Waals surface area (Å²) in [6.45, 7) is 0. The van der Waals surface area contributed by atoms with Gasteiger partial charge in [-0.1, -0.05) is 35.7 Å². The molecule has 0 aliphatic rings. The number of amides is 1. The Bertz CT molecular complexity index is 660.